The summed E-state index contributed by atoms with van der Waals surface area (Å²) in [5, 5.41) is 0. The zero-order valence-corrected chi connectivity index (χ0v) is 9.50. The van der Waals surface area contributed by atoms with Crippen LogP contribution >= 0.6 is 0 Å². The molecule has 86 valence electrons. The average molecular weight is 226 g/mol. The van der Waals surface area contributed by atoms with Crippen LogP contribution in [0.25, 0.3) is 0 Å². The Kier molecular flexibility index (Phi) is 2.49. The summed E-state index contributed by atoms with van der Waals surface area (Å²) >= 11 is 0. The van der Waals surface area contributed by atoms with Crippen LogP contribution in [-0.4, -0.2) is 14.9 Å². The number of aromatic nitrogens is 2. The van der Waals surface area contributed by atoms with Gasteiger partial charge in [0.1, 0.15) is 0 Å². The molecule has 2 N–H and O–H groups in total. The van der Waals surface area contributed by atoms with Gasteiger partial charge in [-0.05, 0) is 5.56 Å². The van der Waals surface area contributed by atoms with Crippen molar-refractivity contribution >= 4 is 5.95 Å². The van der Waals surface area contributed by atoms with E-state index in [9.17, 15) is 0 Å². The van der Waals surface area contributed by atoms with Crippen molar-refractivity contribution in [3.8, 4) is 0 Å². The van der Waals surface area contributed by atoms with E-state index >= 15 is 0 Å². The van der Waals surface area contributed by atoms with Gasteiger partial charge in [-0.25, -0.2) is 9.97 Å². The molecule has 1 aromatic carbocycles. The lowest BCUT2D eigenvalue weighted by molar-refractivity contribution is 0.274. The van der Waals surface area contributed by atoms with Crippen molar-refractivity contribution in [2.24, 2.45) is 0 Å². The molecule has 0 saturated carbocycles. The van der Waals surface area contributed by atoms with Gasteiger partial charge in [0.2, 0.25) is 5.95 Å². The minimum atomic E-state index is 0.366. The van der Waals surface area contributed by atoms with Crippen molar-refractivity contribution in [3.05, 3.63) is 53.3 Å². The quantitative estimate of drug-likeness (QED) is 0.844. The van der Waals surface area contributed by atoms with Crippen molar-refractivity contribution in [2.45, 2.75) is 19.6 Å². The molecule has 0 radical (unpaired) electrons. The molecule has 4 heteroatoms. The normalized spacial score (nSPS) is 14.8. The Balaban J connectivity index is 1.74. The van der Waals surface area contributed by atoms with E-state index in [1.165, 1.54) is 11.1 Å². The summed E-state index contributed by atoms with van der Waals surface area (Å²) in [4.78, 5) is 10.6. The SMILES string of the molecule is Nc1ncc2c(n1)CN(Cc1ccccc1)C2. The third-order valence-corrected chi connectivity index (χ3v) is 2.99. The molecule has 0 bridgehead atoms. The highest BCUT2D eigenvalue weighted by atomic mass is 15.2. The van der Waals surface area contributed by atoms with Crippen molar-refractivity contribution in [2.75, 3.05) is 5.73 Å². The first-order valence-electron chi connectivity index (χ1n) is 5.68. The fourth-order valence-electron chi connectivity index (χ4n) is 2.19. The van der Waals surface area contributed by atoms with Crippen LogP contribution in [0.3, 0.4) is 0 Å². The summed E-state index contributed by atoms with van der Waals surface area (Å²) in [6.07, 6.45) is 1.84. The van der Waals surface area contributed by atoms with Gasteiger partial charge in [0, 0.05) is 31.4 Å². The summed E-state index contributed by atoms with van der Waals surface area (Å²) in [6.45, 7) is 2.71. The number of anilines is 1. The molecule has 1 aromatic heterocycles. The van der Waals surface area contributed by atoms with Crippen molar-refractivity contribution in [3.63, 3.8) is 0 Å². The molecule has 2 heterocycles. The number of hydrogen-bond acceptors (Lipinski definition) is 4. The summed E-state index contributed by atoms with van der Waals surface area (Å²) in [5.74, 6) is 0.366. The first-order valence-corrected chi connectivity index (χ1v) is 5.68. The van der Waals surface area contributed by atoms with Crippen molar-refractivity contribution in [1.29, 1.82) is 0 Å². The molecule has 0 aliphatic carbocycles. The van der Waals surface area contributed by atoms with Gasteiger partial charge in [-0.2, -0.15) is 0 Å². The fourth-order valence-corrected chi connectivity index (χ4v) is 2.19. The molecule has 1 aliphatic rings. The van der Waals surface area contributed by atoms with E-state index in [4.69, 9.17) is 5.73 Å². The number of benzene rings is 1. The van der Waals surface area contributed by atoms with Crippen LogP contribution in [0.2, 0.25) is 0 Å². The van der Waals surface area contributed by atoms with Gasteiger partial charge >= 0.3 is 0 Å². The standard InChI is InChI=1S/C13H14N4/c14-13-15-6-11-8-17(9-12(11)16-13)7-10-4-2-1-3-5-10/h1-6H,7-9H2,(H2,14,15,16). The van der Waals surface area contributed by atoms with Gasteiger partial charge in [0.15, 0.2) is 0 Å². The Hall–Kier alpha value is -1.94. The van der Waals surface area contributed by atoms with Gasteiger partial charge in [-0.1, -0.05) is 30.3 Å². The van der Waals surface area contributed by atoms with Crippen LogP contribution in [0.5, 0.6) is 0 Å². The topological polar surface area (TPSA) is 55.0 Å². The monoisotopic (exact) mass is 226 g/mol. The number of nitrogens with two attached hydrogens (primary N) is 1. The first kappa shape index (κ1) is 10.2. The summed E-state index contributed by atoms with van der Waals surface area (Å²) < 4.78 is 0. The number of nitrogen functional groups attached to an aromatic ring is 1. The molecule has 0 fully saturated rings. The Bertz CT molecular complexity index is 524. The maximum Gasteiger partial charge on any atom is 0.220 e. The third-order valence-electron chi connectivity index (χ3n) is 2.99. The molecule has 3 rings (SSSR count). The summed E-state index contributed by atoms with van der Waals surface area (Å²) in [5.41, 5.74) is 9.16. The van der Waals surface area contributed by atoms with Crippen LogP contribution in [0.4, 0.5) is 5.95 Å². The van der Waals surface area contributed by atoms with E-state index in [2.05, 4.69) is 39.1 Å². The lowest BCUT2D eigenvalue weighted by atomic mass is 10.2. The molecular formula is C13H14N4. The zero-order chi connectivity index (χ0) is 11.7. The van der Waals surface area contributed by atoms with Crippen molar-refractivity contribution < 1.29 is 0 Å². The van der Waals surface area contributed by atoms with Gasteiger partial charge in [0.05, 0.1) is 5.69 Å². The predicted molar refractivity (Wildman–Crippen MR) is 65.8 cm³/mol. The molecule has 0 unspecified atom stereocenters. The molecule has 2 aromatic rings. The number of fused-ring (bicyclic) bond motifs is 1. The van der Waals surface area contributed by atoms with E-state index in [1.807, 2.05) is 12.3 Å². The van der Waals surface area contributed by atoms with E-state index in [1.54, 1.807) is 0 Å². The minimum Gasteiger partial charge on any atom is -0.368 e. The zero-order valence-electron chi connectivity index (χ0n) is 9.50. The highest BCUT2D eigenvalue weighted by Crippen LogP contribution is 2.22. The van der Waals surface area contributed by atoms with Gasteiger partial charge < -0.3 is 5.73 Å². The maximum absolute atomic E-state index is 5.59. The molecule has 0 atom stereocenters. The third kappa shape index (κ3) is 2.12. The average Bonchev–Trinajstić information content (AvgIpc) is 2.71. The maximum atomic E-state index is 5.59. The second kappa shape index (κ2) is 4.14. The van der Waals surface area contributed by atoms with Gasteiger partial charge in [0.25, 0.3) is 0 Å². The molecule has 0 spiro atoms. The van der Waals surface area contributed by atoms with Gasteiger partial charge in [-0.15, -0.1) is 0 Å². The minimum absolute atomic E-state index is 0.366. The van der Waals surface area contributed by atoms with Crippen LogP contribution < -0.4 is 5.73 Å². The second-order valence-corrected chi connectivity index (χ2v) is 4.33. The largest absolute Gasteiger partial charge is 0.368 e. The highest BCUT2D eigenvalue weighted by Gasteiger charge is 2.20. The molecule has 1 aliphatic heterocycles. The Morgan fingerprint density at radius 3 is 2.82 bits per heavy atom. The lowest BCUT2D eigenvalue weighted by Crippen LogP contribution is -2.15. The molecule has 0 saturated heterocycles. The van der Waals surface area contributed by atoms with Crippen LogP contribution in [0.1, 0.15) is 16.8 Å². The van der Waals surface area contributed by atoms with Crippen LogP contribution in [0.15, 0.2) is 36.5 Å². The van der Waals surface area contributed by atoms with Crippen LogP contribution in [-0.2, 0) is 19.6 Å². The van der Waals surface area contributed by atoms with Crippen LogP contribution in [0, 0.1) is 0 Å². The fraction of sp³-hybridized carbons (Fsp3) is 0.231. The van der Waals surface area contributed by atoms with E-state index in [-0.39, 0.29) is 0 Å². The number of nitrogens with zero attached hydrogens (tertiary/aromatic N) is 3. The second-order valence-electron chi connectivity index (χ2n) is 4.33. The number of hydrogen-bond donors (Lipinski definition) is 1. The van der Waals surface area contributed by atoms with E-state index in [0.717, 1.165) is 25.3 Å². The molecular weight excluding hydrogens is 212 g/mol. The van der Waals surface area contributed by atoms with Gasteiger partial charge in [-0.3, -0.25) is 4.90 Å². The first-order chi connectivity index (χ1) is 8.31. The molecule has 0 amide bonds. The number of rotatable bonds is 2. The Labute approximate surface area is 100 Å². The van der Waals surface area contributed by atoms with E-state index < -0.39 is 0 Å². The van der Waals surface area contributed by atoms with Crippen molar-refractivity contribution in [1.82, 2.24) is 14.9 Å². The highest BCUT2D eigenvalue weighted by molar-refractivity contribution is 5.28. The summed E-state index contributed by atoms with van der Waals surface area (Å²) in [7, 11) is 0. The van der Waals surface area contributed by atoms with E-state index in [0.29, 0.717) is 5.95 Å². The predicted octanol–water partition coefficient (Wildman–Crippen LogP) is 1.57. The molecule has 4 nitrogen and oxygen atoms in total. The summed E-state index contributed by atoms with van der Waals surface area (Å²) in [6, 6.07) is 10.5. The Morgan fingerprint density at radius 2 is 2.00 bits per heavy atom. The lowest BCUT2D eigenvalue weighted by Gasteiger charge is -2.13. The smallest absolute Gasteiger partial charge is 0.220 e. The molecule has 17 heavy (non-hydrogen) atoms. The Morgan fingerprint density at radius 1 is 1.18 bits per heavy atom.